The second-order valence-corrected chi connectivity index (χ2v) is 6.89. The van der Waals surface area contributed by atoms with Crippen molar-refractivity contribution < 1.29 is 9.84 Å². The molecule has 4 rings (SSSR count). The van der Waals surface area contributed by atoms with Gasteiger partial charge in [0.15, 0.2) is 5.69 Å². The lowest BCUT2D eigenvalue weighted by Crippen LogP contribution is -2.00. The normalized spacial score (nSPS) is 10.9. The molecule has 1 aromatic heterocycles. The largest absolute Gasteiger partial charge is 0.493 e. The highest BCUT2D eigenvalue weighted by atomic mass is 16.5. The molecule has 0 bridgehead atoms. The van der Waals surface area contributed by atoms with Crippen LogP contribution in [0.5, 0.6) is 17.4 Å². The molecule has 0 aliphatic heterocycles. The third-order valence-electron chi connectivity index (χ3n) is 4.75. The SMILES string of the molecule is Cc1cc(C)c2c(c1)c(N=O)c(O)n2Cc1cccc(Oc2ccccc2)c1. The molecule has 140 valence electrons. The lowest BCUT2D eigenvalue weighted by molar-refractivity contribution is 0.429. The minimum Gasteiger partial charge on any atom is -0.493 e. The van der Waals surface area contributed by atoms with Gasteiger partial charge in [-0.05, 0) is 60.5 Å². The van der Waals surface area contributed by atoms with Gasteiger partial charge in [0.1, 0.15) is 11.5 Å². The highest BCUT2D eigenvalue weighted by Gasteiger charge is 2.19. The molecule has 1 heterocycles. The summed E-state index contributed by atoms with van der Waals surface area (Å²) in [5.74, 6) is 1.35. The molecule has 1 N–H and O–H groups in total. The smallest absolute Gasteiger partial charge is 0.222 e. The van der Waals surface area contributed by atoms with Crippen molar-refractivity contribution in [2.24, 2.45) is 5.18 Å². The summed E-state index contributed by atoms with van der Waals surface area (Å²) in [5.41, 5.74) is 3.84. The second-order valence-electron chi connectivity index (χ2n) is 6.89. The van der Waals surface area contributed by atoms with E-state index in [1.165, 1.54) is 0 Å². The molecule has 0 radical (unpaired) electrons. The number of ether oxygens (including phenoxy) is 1. The van der Waals surface area contributed by atoms with Crippen molar-refractivity contribution in [3.8, 4) is 17.4 Å². The van der Waals surface area contributed by atoms with E-state index in [-0.39, 0.29) is 11.6 Å². The topological polar surface area (TPSA) is 63.8 Å². The van der Waals surface area contributed by atoms with Crippen molar-refractivity contribution in [1.29, 1.82) is 0 Å². The molecule has 0 fully saturated rings. The van der Waals surface area contributed by atoms with Crippen LogP contribution in [0.15, 0.2) is 71.9 Å². The summed E-state index contributed by atoms with van der Waals surface area (Å²) >= 11 is 0. The summed E-state index contributed by atoms with van der Waals surface area (Å²) in [6, 6.07) is 21.2. The number of nitroso groups, excluding NO2 is 1. The summed E-state index contributed by atoms with van der Waals surface area (Å²) in [4.78, 5) is 11.3. The minimum atomic E-state index is -0.118. The maximum absolute atomic E-state index is 11.3. The van der Waals surface area contributed by atoms with Crippen molar-refractivity contribution in [1.82, 2.24) is 4.57 Å². The van der Waals surface area contributed by atoms with Crippen molar-refractivity contribution in [3.05, 3.63) is 88.3 Å². The van der Waals surface area contributed by atoms with Crippen molar-refractivity contribution in [3.63, 3.8) is 0 Å². The highest BCUT2D eigenvalue weighted by Crippen LogP contribution is 2.41. The molecule has 0 aliphatic rings. The zero-order valence-electron chi connectivity index (χ0n) is 15.7. The summed E-state index contributed by atoms with van der Waals surface area (Å²) in [6.07, 6.45) is 0. The van der Waals surface area contributed by atoms with Crippen molar-refractivity contribution >= 4 is 16.6 Å². The summed E-state index contributed by atoms with van der Waals surface area (Å²) in [5, 5.41) is 14.4. The Morgan fingerprint density at radius 3 is 2.46 bits per heavy atom. The van der Waals surface area contributed by atoms with E-state index in [0.29, 0.717) is 17.7 Å². The molecule has 0 atom stereocenters. The Kier molecular flexibility index (Phi) is 4.57. The molecule has 0 unspecified atom stereocenters. The van der Waals surface area contributed by atoms with Crippen LogP contribution in [0.1, 0.15) is 16.7 Å². The molecule has 0 amide bonds. The molecule has 3 aromatic carbocycles. The first-order chi connectivity index (χ1) is 13.6. The number of benzene rings is 3. The van der Waals surface area contributed by atoms with E-state index in [9.17, 15) is 10.0 Å². The number of rotatable bonds is 5. The van der Waals surface area contributed by atoms with Crippen LogP contribution in [0.4, 0.5) is 5.69 Å². The zero-order chi connectivity index (χ0) is 19.7. The van der Waals surface area contributed by atoms with Crippen LogP contribution in [-0.2, 0) is 6.54 Å². The van der Waals surface area contributed by atoms with Crippen LogP contribution >= 0.6 is 0 Å². The van der Waals surface area contributed by atoms with Gasteiger partial charge in [0.05, 0.1) is 12.1 Å². The quantitative estimate of drug-likeness (QED) is 0.424. The summed E-state index contributed by atoms with van der Waals surface area (Å²) < 4.78 is 7.62. The molecule has 0 spiro atoms. The monoisotopic (exact) mass is 372 g/mol. The van der Waals surface area contributed by atoms with Gasteiger partial charge in [0.2, 0.25) is 5.88 Å². The molecule has 5 nitrogen and oxygen atoms in total. The van der Waals surface area contributed by atoms with E-state index in [0.717, 1.165) is 28.0 Å². The average Bonchev–Trinajstić information content (AvgIpc) is 2.94. The Morgan fingerprint density at radius 1 is 0.964 bits per heavy atom. The summed E-state index contributed by atoms with van der Waals surface area (Å²) in [6.45, 7) is 4.32. The first-order valence-electron chi connectivity index (χ1n) is 9.04. The number of fused-ring (bicyclic) bond motifs is 1. The van der Waals surface area contributed by atoms with Gasteiger partial charge in [-0.1, -0.05) is 42.0 Å². The average molecular weight is 372 g/mol. The van der Waals surface area contributed by atoms with E-state index in [4.69, 9.17) is 4.74 Å². The third kappa shape index (κ3) is 3.22. The standard InChI is InChI=1S/C23H20N2O3/c1-15-11-16(2)22-20(12-15)21(24-27)23(26)25(22)14-17-7-6-10-19(13-17)28-18-8-4-3-5-9-18/h3-13,26H,14H2,1-2H3. The summed E-state index contributed by atoms with van der Waals surface area (Å²) in [7, 11) is 0. The molecular weight excluding hydrogens is 352 g/mol. The van der Waals surface area contributed by atoms with E-state index < -0.39 is 0 Å². The Balaban J connectivity index is 1.74. The first kappa shape index (κ1) is 17.8. The van der Waals surface area contributed by atoms with Crippen molar-refractivity contribution in [2.75, 3.05) is 0 Å². The molecule has 0 saturated heterocycles. The highest BCUT2D eigenvalue weighted by molar-refractivity contribution is 5.97. The Labute approximate surface area is 162 Å². The molecule has 0 saturated carbocycles. The van der Waals surface area contributed by atoms with Gasteiger partial charge < -0.3 is 14.4 Å². The second kappa shape index (κ2) is 7.19. The molecule has 28 heavy (non-hydrogen) atoms. The van der Waals surface area contributed by atoms with Crippen LogP contribution in [0, 0.1) is 18.8 Å². The van der Waals surface area contributed by atoms with Gasteiger partial charge in [-0.3, -0.25) is 0 Å². The number of nitrogens with zero attached hydrogens (tertiary/aromatic N) is 2. The Hall–Kier alpha value is -3.60. The van der Waals surface area contributed by atoms with Crippen LogP contribution in [0.2, 0.25) is 0 Å². The maximum Gasteiger partial charge on any atom is 0.222 e. The molecule has 0 aliphatic carbocycles. The molecule has 5 heteroatoms. The molecule has 4 aromatic rings. The lowest BCUT2D eigenvalue weighted by Gasteiger charge is -2.11. The van der Waals surface area contributed by atoms with Gasteiger partial charge in [-0.15, -0.1) is 4.91 Å². The number of aryl methyl sites for hydroxylation is 2. The number of aromatic nitrogens is 1. The fourth-order valence-electron chi connectivity index (χ4n) is 3.61. The number of para-hydroxylation sites is 1. The van der Waals surface area contributed by atoms with Crippen LogP contribution in [0.3, 0.4) is 0 Å². The van der Waals surface area contributed by atoms with Gasteiger partial charge in [0.25, 0.3) is 0 Å². The van der Waals surface area contributed by atoms with E-state index >= 15 is 0 Å². The first-order valence-corrected chi connectivity index (χ1v) is 9.04. The Morgan fingerprint density at radius 2 is 1.71 bits per heavy atom. The van der Waals surface area contributed by atoms with Crippen molar-refractivity contribution in [2.45, 2.75) is 20.4 Å². The zero-order valence-corrected chi connectivity index (χ0v) is 15.7. The number of hydrogen-bond donors (Lipinski definition) is 1. The van der Waals surface area contributed by atoms with Gasteiger partial charge in [-0.2, -0.15) is 0 Å². The van der Waals surface area contributed by atoms with Gasteiger partial charge in [-0.25, -0.2) is 0 Å². The number of aromatic hydroxyl groups is 1. The molecular formula is C23H20N2O3. The van der Waals surface area contributed by atoms with Crippen LogP contribution < -0.4 is 4.74 Å². The van der Waals surface area contributed by atoms with E-state index in [1.54, 1.807) is 4.57 Å². The van der Waals surface area contributed by atoms with E-state index in [1.807, 2.05) is 80.6 Å². The predicted octanol–water partition coefficient (Wildman–Crippen LogP) is 6.20. The fraction of sp³-hybridized carbons (Fsp3) is 0.130. The lowest BCUT2D eigenvalue weighted by atomic mass is 10.1. The van der Waals surface area contributed by atoms with E-state index in [2.05, 4.69) is 5.18 Å². The fourth-order valence-corrected chi connectivity index (χ4v) is 3.61. The van der Waals surface area contributed by atoms with Crippen LogP contribution in [0.25, 0.3) is 10.9 Å². The Bertz CT molecular complexity index is 1160. The third-order valence-corrected chi connectivity index (χ3v) is 4.75. The minimum absolute atomic E-state index is 0.0819. The maximum atomic E-state index is 11.3. The van der Waals surface area contributed by atoms with Gasteiger partial charge >= 0.3 is 0 Å². The predicted molar refractivity (Wildman–Crippen MR) is 111 cm³/mol. The van der Waals surface area contributed by atoms with Gasteiger partial charge in [0, 0.05) is 5.39 Å². The number of hydrogen-bond acceptors (Lipinski definition) is 4. The van der Waals surface area contributed by atoms with Crippen LogP contribution in [-0.4, -0.2) is 9.67 Å².